The molecule has 0 aromatic rings. The van der Waals surface area contributed by atoms with Crippen LogP contribution in [0.15, 0.2) is 0 Å². The van der Waals surface area contributed by atoms with E-state index in [-0.39, 0.29) is 18.2 Å². The lowest BCUT2D eigenvalue weighted by molar-refractivity contribution is -0.122. The summed E-state index contributed by atoms with van der Waals surface area (Å²) in [4.78, 5) is 11.5. The number of sulfonamides is 1. The molecular weight excluding hydrogens is 242 g/mol. The molecule has 4 N–H and O–H groups in total. The number of rotatable bonds is 8. The van der Waals surface area contributed by atoms with E-state index in [1.165, 1.54) is 0 Å². The van der Waals surface area contributed by atoms with Crippen molar-refractivity contribution in [3.8, 4) is 0 Å². The van der Waals surface area contributed by atoms with E-state index in [9.17, 15) is 13.2 Å². The Bertz CT molecular complexity index is 328. The molecule has 1 atom stereocenters. The summed E-state index contributed by atoms with van der Waals surface area (Å²) in [7, 11) is -3.28. The van der Waals surface area contributed by atoms with Crippen LogP contribution in [0.2, 0.25) is 0 Å². The molecule has 0 heterocycles. The fraction of sp³-hybridized carbons (Fsp3) is 0.900. The highest BCUT2D eigenvalue weighted by Gasteiger charge is 2.15. The molecule has 0 radical (unpaired) electrons. The van der Waals surface area contributed by atoms with Gasteiger partial charge >= 0.3 is 0 Å². The van der Waals surface area contributed by atoms with E-state index in [2.05, 4.69) is 10.0 Å². The number of hydrogen-bond donors (Lipinski definition) is 3. The SMILES string of the molecule is CCNS(=O)(=O)CCNC(=O)[C@H](N)CC(C)C. The van der Waals surface area contributed by atoms with Crippen LogP contribution in [0.5, 0.6) is 0 Å². The van der Waals surface area contributed by atoms with E-state index in [1.807, 2.05) is 13.8 Å². The van der Waals surface area contributed by atoms with E-state index >= 15 is 0 Å². The van der Waals surface area contributed by atoms with Crippen molar-refractivity contribution in [3.05, 3.63) is 0 Å². The van der Waals surface area contributed by atoms with Crippen molar-refractivity contribution >= 4 is 15.9 Å². The molecule has 0 aromatic carbocycles. The first kappa shape index (κ1) is 16.3. The molecule has 7 heteroatoms. The number of carbonyl (C=O) groups excluding carboxylic acids is 1. The van der Waals surface area contributed by atoms with Gasteiger partial charge < -0.3 is 11.1 Å². The Morgan fingerprint density at radius 2 is 1.94 bits per heavy atom. The molecule has 0 rings (SSSR count). The normalized spacial score (nSPS) is 13.7. The largest absolute Gasteiger partial charge is 0.354 e. The third-order valence-corrected chi connectivity index (χ3v) is 3.57. The number of nitrogens with one attached hydrogen (secondary N) is 2. The van der Waals surface area contributed by atoms with E-state index in [0.29, 0.717) is 18.9 Å². The molecule has 1 amide bonds. The predicted octanol–water partition coefficient (Wildman–Crippen LogP) is -0.585. The Morgan fingerprint density at radius 1 is 1.35 bits per heavy atom. The van der Waals surface area contributed by atoms with Crippen molar-refractivity contribution in [2.45, 2.75) is 33.2 Å². The van der Waals surface area contributed by atoms with Gasteiger partial charge in [-0.05, 0) is 12.3 Å². The fourth-order valence-electron chi connectivity index (χ4n) is 1.35. The van der Waals surface area contributed by atoms with Crippen molar-refractivity contribution < 1.29 is 13.2 Å². The van der Waals surface area contributed by atoms with Crippen molar-refractivity contribution in [2.75, 3.05) is 18.8 Å². The first-order chi connectivity index (χ1) is 7.78. The number of carbonyl (C=O) groups is 1. The smallest absolute Gasteiger partial charge is 0.236 e. The van der Waals surface area contributed by atoms with Crippen LogP contribution in [-0.2, 0) is 14.8 Å². The lowest BCUT2D eigenvalue weighted by Gasteiger charge is -2.14. The summed E-state index contributed by atoms with van der Waals surface area (Å²) >= 11 is 0. The van der Waals surface area contributed by atoms with Crippen LogP contribution < -0.4 is 15.8 Å². The zero-order chi connectivity index (χ0) is 13.5. The third-order valence-electron chi connectivity index (χ3n) is 2.10. The van der Waals surface area contributed by atoms with Crippen LogP contribution in [0, 0.1) is 5.92 Å². The van der Waals surface area contributed by atoms with Gasteiger partial charge in [-0.2, -0.15) is 0 Å². The van der Waals surface area contributed by atoms with Crippen LogP contribution in [0.4, 0.5) is 0 Å². The Hall–Kier alpha value is -0.660. The van der Waals surface area contributed by atoms with Crippen LogP contribution in [-0.4, -0.2) is 39.2 Å². The summed E-state index contributed by atoms with van der Waals surface area (Å²) in [5, 5.41) is 2.52. The summed E-state index contributed by atoms with van der Waals surface area (Å²) < 4.78 is 24.9. The van der Waals surface area contributed by atoms with Crippen LogP contribution in [0.3, 0.4) is 0 Å². The maximum atomic E-state index is 11.5. The van der Waals surface area contributed by atoms with Gasteiger partial charge in [0.25, 0.3) is 0 Å². The molecule has 102 valence electrons. The second-order valence-corrected chi connectivity index (χ2v) is 6.27. The molecule has 0 bridgehead atoms. The zero-order valence-corrected chi connectivity index (χ0v) is 11.5. The number of hydrogen-bond acceptors (Lipinski definition) is 4. The molecule has 0 unspecified atom stereocenters. The maximum Gasteiger partial charge on any atom is 0.236 e. The van der Waals surface area contributed by atoms with Crippen LogP contribution in [0.1, 0.15) is 27.2 Å². The Labute approximate surface area is 103 Å². The molecule has 0 aliphatic rings. The lowest BCUT2D eigenvalue weighted by atomic mass is 10.0. The molecule has 0 aliphatic heterocycles. The molecule has 0 fully saturated rings. The summed E-state index contributed by atoms with van der Waals surface area (Å²) in [5.41, 5.74) is 5.65. The highest BCUT2D eigenvalue weighted by atomic mass is 32.2. The second kappa shape index (κ2) is 7.62. The second-order valence-electron chi connectivity index (χ2n) is 4.34. The highest BCUT2D eigenvalue weighted by Crippen LogP contribution is 2.02. The molecule has 0 aliphatic carbocycles. The molecule has 0 saturated heterocycles. The first-order valence-electron chi connectivity index (χ1n) is 5.79. The van der Waals surface area contributed by atoms with Gasteiger partial charge in [-0.25, -0.2) is 13.1 Å². The monoisotopic (exact) mass is 265 g/mol. The van der Waals surface area contributed by atoms with Gasteiger partial charge in [-0.15, -0.1) is 0 Å². The Kier molecular flexibility index (Phi) is 7.33. The van der Waals surface area contributed by atoms with Gasteiger partial charge in [0.2, 0.25) is 15.9 Å². The average molecular weight is 265 g/mol. The minimum Gasteiger partial charge on any atom is -0.354 e. The minimum absolute atomic E-state index is 0.0833. The van der Waals surface area contributed by atoms with Crippen molar-refractivity contribution in [3.63, 3.8) is 0 Å². The van der Waals surface area contributed by atoms with Crippen LogP contribution in [0.25, 0.3) is 0 Å². The van der Waals surface area contributed by atoms with Crippen molar-refractivity contribution in [2.24, 2.45) is 11.7 Å². The topological polar surface area (TPSA) is 101 Å². The Morgan fingerprint density at radius 3 is 2.41 bits per heavy atom. The number of nitrogens with two attached hydrogens (primary N) is 1. The molecule has 0 saturated carbocycles. The summed E-state index contributed by atoms with van der Waals surface area (Å²) in [6, 6.07) is -0.572. The van der Waals surface area contributed by atoms with E-state index in [0.717, 1.165) is 0 Å². The Balaban J connectivity index is 3.93. The maximum absolute atomic E-state index is 11.5. The molecule has 6 nitrogen and oxygen atoms in total. The van der Waals surface area contributed by atoms with Crippen molar-refractivity contribution in [1.29, 1.82) is 0 Å². The summed E-state index contributed by atoms with van der Waals surface area (Å²) in [6.45, 7) is 6.09. The van der Waals surface area contributed by atoms with E-state index in [4.69, 9.17) is 5.73 Å². The first-order valence-corrected chi connectivity index (χ1v) is 7.44. The van der Waals surface area contributed by atoms with Gasteiger partial charge in [0.1, 0.15) is 0 Å². The zero-order valence-electron chi connectivity index (χ0n) is 10.7. The van der Waals surface area contributed by atoms with Crippen LogP contribution >= 0.6 is 0 Å². The molecule has 17 heavy (non-hydrogen) atoms. The fourth-order valence-corrected chi connectivity index (χ4v) is 2.30. The minimum atomic E-state index is -3.28. The lowest BCUT2D eigenvalue weighted by Crippen LogP contribution is -2.43. The third kappa shape index (κ3) is 8.12. The highest BCUT2D eigenvalue weighted by molar-refractivity contribution is 7.89. The summed E-state index contributed by atoms with van der Waals surface area (Å²) in [6.07, 6.45) is 0.589. The van der Waals surface area contributed by atoms with Gasteiger partial charge in [0, 0.05) is 13.1 Å². The molecule has 0 spiro atoms. The molecule has 0 aromatic heterocycles. The van der Waals surface area contributed by atoms with Gasteiger partial charge in [0.05, 0.1) is 11.8 Å². The van der Waals surface area contributed by atoms with E-state index in [1.54, 1.807) is 6.92 Å². The van der Waals surface area contributed by atoms with Crippen molar-refractivity contribution in [1.82, 2.24) is 10.0 Å². The quantitative estimate of drug-likeness (QED) is 0.546. The van der Waals surface area contributed by atoms with Gasteiger partial charge in [-0.1, -0.05) is 20.8 Å². The van der Waals surface area contributed by atoms with Gasteiger partial charge in [0.15, 0.2) is 0 Å². The average Bonchev–Trinajstić information content (AvgIpc) is 2.15. The summed E-state index contributed by atoms with van der Waals surface area (Å²) in [5.74, 6) is -0.0901. The molecular formula is C10H23N3O3S. The van der Waals surface area contributed by atoms with Gasteiger partial charge in [-0.3, -0.25) is 4.79 Å². The number of amides is 1. The standard InChI is InChI=1S/C10H23N3O3S/c1-4-13-17(15,16)6-5-12-10(14)9(11)7-8(2)3/h8-9,13H,4-7,11H2,1-3H3,(H,12,14)/t9-/m1/s1. The predicted molar refractivity (Wildman–Crippen MR) is 67.9 cm³/mol. The van der Waals surface area contributed by atoms with E-state index < -0.39 is 16.1 Å².